The van der Waals surface area contributed by atoms with Gasteiger partial charge in [0, 0.05) is 19.6 Å². The number of anilines is 2. The van der Waals surface area contributed by atoms with E-state index in [1.54, 1.807) is 0 Å². The molecule has 0 bridgehead atoms. The molecule has 114 valence electrons. The number of ether oxygens (including phenoxy) is 1. The topological polar surface area (TPSA) is 67.5 Å². The van der Waals surface area contributed by atoms with Crippen LogP contribution in [0.1, 0.15) is 26.7 Å². The summed E-state index contributed by atoms with van der Waals surface area (Å²) >= 11 is 0. The van der Waals surface area contributed by atoms with E-state index in [-0.39, 0.29) is 0 Å². The minimum atomic E-state index is 0.489. The zero-order valence-electron chi connectivity index (χ0n) is 13.1. The highest BCUT2D eigenvalue weighted by Gasteiger charge is 2.15. The minimum Gasteiger partial charge on any atom is -0.476 e. The van der Waals surface area contributed by atoms with E-state index in [0.717, 1.165) is 38.3 Å². The van der Waals surface area contributed by atoms with Gasteiger partial charge in [0.15, 0.2) is 5.82 Å². The molecule has 0 unspecified atom stereocenters. The molecule has 0 saturated carbocycles. The Morgan fingerprint density at radius 1 is 1.10 bits per heavy atom. The van der Waals surface area contributed by atoms with Crippen molar-refractivity contribution in [2.75, 3.05) is 51.0 Å². The molecule has 6 heteroatoms. The number of rotatable bonds is 9. The second kappa shape index (κ2) is 8.58. The Labute approximate surface area is 121 Å². The van der Waals surface area contributed by atoms with Gasteiger partial charge in [-0.3, -0.25) is 0 Å². The summed E-state index contributed by atoms with van der Waals surface area (Å²) in [6.07, 6.45) is 3.50. The molecule has 20 heavy (non-hydrogen) atoms. The van der Waals surface area contributed by atoms with Crippen molar-refractivity contribution in [3.05, 3.63) is 6.33 Å². The third kappa shape index (κ3) is 4.85. The van der Waals surface area contributed by atoms with Gasteiger partial charge in [0.25, 0.3) is 0 Å². The highest BCUT2D eigenvalue weighted by atomic mass is 16.5. The Morgan fingerprint density at radius 3 is 2.45 bits per heavy atom. The molecular weight excluding hydrogens is 254 g/mol. The molecule has 1 rings (SSSR count). The third-order valence-electron chi connectivity index (χ3n) is 2.88. The van der Waals surface area contributed by atoms with E-state index in [0.29, 0.717) is 18.2 Å². The van der Waals surface area contributed by atoms with E-state index >= 15 is 0 Å². The molecule has 0 aromatic carbocycles. The zero-order chi connectivity index (χ0) is 15.0. The minimum absolute atomic E-state index is 0.489. The highest BCUT2D eigenvalue weighted by molar-refractivity contribution is 5.67. The van der Waals surface area contributed by atoms with Gasteiger partial charge in [-0.1, -0.05) is 13.8 Å². The van der Waals surface area contributed by atoms with Crippen LogP contribution in [0.4, 0.5) is 11.5 Å². The number of nitrogen functional groups attached to an aromatic ring is 1. The van der Waals surface area contributed by atoms with Crippen molar-refractivity contribution in [2.45, 2.75) is 26.7 Å². The summed E-state index contributed by atoms with van der Waals surface area (Å²) in [5, 5.41) is 0. The molecule has 0 aliphatic carbocycles. The normalized spacial score (nSPS) is 10.8. The largest absolute Gasteiger partial charge is 0.476 e. The van der Waals surface area contributed by atoms with Gasteiger partial charge in [0.05, 0.1) is 6.61 Å². The lowest BCUT2D eigenvalue weighted by Gasteiger charge is -2.26. The molecule has 6 nitrogen and oxygen atoms in total. The lowest BCUT2D eigenvalue weighted by Crippen LogP contribution is -2.33. The molecule has 2 N–H and O–H groups in total. The molecule has 1 heterocycles. The average Bonchev–Trinajstić information content (AvgIpc) is 2.42. The lowest BCUT2D eigenvalue weighted by atomic mass is 10.3. The summed E-state index contributed by atoms with van der Waals surface area (Å²) in [5.74, 6) is 1.26. The lowest BCUT2D eigenvalue weighted by molar-refractivity contribution is 0.306. The summed E-state index contributed by atoms with van der Waals surface area (Å²) < 4.78 is 5.57. The van der Waals surface area contributed by atoms with Gasteiger partial charge in [0.2, 0.25) is 5.88 Å². The van der Waals surface area contributed by atoms with Crippen LogP contribution in [0.25, 0.3) is 0 Å². The quantitative estimate of drug-likeness (QED) is 0.742. The fraction of sp³-hybridized carbons (Fsp3) is 0.714. The maximum atomic E-state index is 6.16. The summed E-state index contributed by atoms with van der Waals surface area (Å²) in [4.78, 5) is 12.8. The molecule has 0 saturated heterocycles. The van der Waals surface area contributed by atoms with Gasteiger partial charge >= 0.3 is 0 Å². The molecule has 0 aliphatic heterocycles. The first kappa shape index (κ1) is 16.5. The van der Waals surface area contributed by atoms with Crippen molar-refractivity contribution in [1.82, 2.24) is 14.9 Å². The van der Waals surface area contributed by atoms with Gasteiger partial charge < -0.3 is 20.3 Å². The van der Waals surface area contributed by atoms with Gasteiger partial charge in [-0.15, -0.1) is 0 Å². The number of likely N-dealkylation sites (N-methyl/N-ethyl adjacent to an activating group) is 1. The van der Waals surface area contributed by atoms with E-state index in [4.69, 9.17) is 10.5 Å². The van der Waals surface area contributed by atoms with Crippen LogP contribution in [0.5, 0.6) is 5.88 Å². The number of hydrogen-bond acceptors (Lipinski definition) is 6. The fourth-order valence-corrected chi connectivity index (χ4v) is 1.85. The van der Waals surface area contributed by atoms with Crippen molar-refractivity contribution in [1.29, 1.82) is 0 Å². The Bertz CT molecular complexity index is 397. The summed E-state index contributed by atoms with van der Waals surface area (Å²) in [6.45, 7) is 7.57. The predicted molar refractivity (Wildman–Crippen MR) is 83.3 cm³/mol. The Kier molecular flexibility index (Phi) is 7.08. The molecule has 0 amide bonds. The number of aromatic nitrogens is 2. The van der Waals surface area contributed by atoms with Crippen LogP contribution in [0.2, 0.25) is 0 Å². The zero-order valence-corrected chi connectivity index (χ0v) is 13.1. The number of nitrogens with zero attached hydrogens (tertiary/aromatic N) is 4. The van der Waals surface area contributed by atoms with Crippen molar-refractivity contribution in [3.8, 4) is 5.88 Å². The van der Waals surface area contributed by atoms with Gasteiger partial charge in [-0.25, -0.2) is 4.98 Å². The molecule has 0 spiro atoms. The predicted octanol–water partition coefficient (Wildman–Crippen LogP) is 1.63. The molecule has 0 radical (unpaired) electrons. The Balaban J connectivity index is 2.88. The van der Waals surface area contributed by atoms with Gasteiger partial charge in [-0.05, 0) is 26.9 Å². The third-order valence-corrected chi connectivity index (χ3v) is 2.88. The van der Waals surface area contributed by atoms with Crippen molar-refractivity contribution >= 4 is 11.5 Å². The molecule has 0 aliphatic rings. The van der Waals surface area contributed by atoms with Crippen molar-refractivity contribution in [2.24, 2.45) is 0 Å². The van der Waals surface area contributed by atoms with Crippen LogP contribution in [0.3, 0.4) is 0 Å². The Hall–Kier alpha value is -1.56. The SMILES string of the molecule is CCCOc1ncnc(N(CCC)CCN(C)C)c1N. The van der Waals surface area contributed by atoms with E-state index in [2.05, 4.69) is 47.7 Å². The van der Waals surface area contributed by atoms with Crippen LogP contribution in [0.15, 0.2) is 6.33 Å². The van der Waals surface area contributed by atoms with Crippen LogP contribution in [-0.2, 0) is 0 Å². The van der Waals surface area contributed by atoms with Gasteiger partial charge in [0.1, 0.15) is 12.0 Å². The van der Waals surface area contributed by atoms with E-state index in [9.17, 15) is 0 Å². The van der Waals surface area contributed by atoms with Crippen LogP contribution in [0, 0.1) is 0 Å². The van der Waals surface area contributed by atoms with E-state index in [1.165, 1.54) is 6.33 Å². The smallest absolute Gasteiger partial charge is 0.242 e. The maximum absolute atomic E-state index is 6.16. The first-order valence-electron chi connectivity index (χ1n) is 7.23. The van der Waals surface area contributed by atoms with Gasteiger partial charge in [-0.2, -0.15) is 4.98 Å². The number of nitrogens with two attached hydrogens (primary N) is 1. The second-order valence-corrected chi connectivity index (χ2v) is 5.05. The first-order chi connectivity index (χ1) is 9.60. The Morgan fingerprint density at radius 2 is 1.85 bits per heavy atom. The highest BCUT2D eigenvalue weighted by Crippen LogP contribution is 2.27. The second-order valence-electron chi connectivity index (χ2n) is 5.05. The fourth-order valence-electron chi connectivity index (χ4n) is 1.85. The van der Waals surface area contributed by atoms with E-state index in [1.807, 2.05) is 0 Å². The van der Waals surface area contributed by atoms with E-state index < -0.39 is 0 Å². The van der Waals surface area contributed by atoms with Crippen molar-refractivity contribution in [3.63, 3.8) is 0 Å². The molecule has 0 fully saturated rings. The van der Waals surface area contributed by atoms with Crippen LogP contribution < -0.4 is 15.4 Å². The number of hydrogen-bond donors (Lipinski definition) is 1. The molecular formula is C14H27N5O. The summed E-state index contributed by atoms with van der Waals surface area (Å²) in [7, 11) is 4.12. The standard InChI is InChI=1S/C14H27N5O/c1-5-7-19(9-8-18(3)4)13-12(15)14(17-11-16-13)20-10-6-2/h11H,5-10,15H2,1-4H3. The molecule has 1 aromatic heterocycles. The summed E-state index contributed by atoms with van der Waals surface area (Å²) in [5.41, 5.74) is 6.69. The van der Waals surface area contributed by atoms with Crippen LogP contribution >= 0.6 is 0 Å². The first-order valence-corrected chi connectivity index (χ1v) is 7.23. The average molecular weight is 281 g/mol. The maximum Gasteiger partial charge on any atom is 0.242 e. The van der Waals surface area contributed by atoms with Crippen LogP contribution in [-0.4, -0.2) is 55.2 Å². The molecule has 0 atom stereocenters. The molecule has 1 aromatic rings. The summed E-state index contributed by atoms with van der Waals surface area (Å²) in [6, 6.07) is 0. The van der Waals surface area contributed by atoms with Crippen molar-refractivity contribution < 1.29 is 4.74 Å². The monoisotopic (exact) mass is 281 g/mol.